The molecule has 0 N–H and O–H groups in total. The van der Waals surface area contributed by atoms with Crippen LogP contribution in [0.1, 0.15) is 44.1 Å². The molecule has 0 radical (unpaired) electrons. The highest BCUT2D eigenvalue weighted by molar-refractivity contribution is 7.08. The zero-order valence-electron chi connectivity index (χ0n) is 15.3. The van der Waals surface area contributed by atoms with Gasteiger partial charge >= 0.3 is 0 Å². The standard InChI is InChI=1S/C21H27Cl2NOS/c1-2-3-4-9-24-10-7-19(16-8-11-26-15-16)17(13-24)14-25-18-5-6-20(22)21(23)12-18/h5-6,8,11-12,15,17,19H,2-4,7,9-10,13-14H2,1H3/t17-,19-/m0/s1. The van der Waals surface area contributed by atoms with E-state index in [2.05, 4.69) is 28.7 Å². The molecule has 1 fully saturated rings. The SMILES string of the molecule is CCCCCN1CC[C@@H](c2ccsc2)[C@H](COc2ccc(Cl)c(Cl)c2)C1. The maximum atomic E-state index is 6.12. The zero-order valence-corrected chi connectivity index (χ0v) is 17.6. The van der Waals surface area contributed by atoms with Crippen LogP contribution < -0.4 is 4.74 Å². The summed E-state index contributed by atoms with van der Waals surface area (Å²) < 4.78 is 6.12. The van der Waals surface area contributed by atoms with Gasteiger partial charge in [0, 0.05) is 18.5 Å². The van der Waals surface area contributed by atoms with Crippen molar-refractivity contribution in [2.75, 3.05) is 26.2 Å². The first-order valence-electron chi connectivity index (χ1n) is 9.49. The summed E-state index contributed by atoms with van der Waals surface area (Å²) in [6.07, 6.45) is 5.09. The van der Waals surface area contributed by atoms with Crippen molar-refractivity contribution in [1.82, 2.24) is 4.90 Å². The summed E-state index contributed by atoms with van der Waals surface area (Å²) in [7, 11) is 0. The number of benzene rings is 1. The van der Waals surface area contributed by atoms with Crippen molar-refractivity contribution < 1.29 is 4.74 Å². The molecule has 0 bridgehead atoms. The van der Waals surface area contributed by atoms with Crippen molar-refractivity contribution in [3.05, 3.63) is 50.6 Å². The third-order valence-electron chi connectivity index (χ3n) is 5.22. The number of hydrogen-bond acceptors (Lipinski definition) is 3. The Labute approximate surface area is 171 Å². The molecular formula is C21H27Cl2NOS. The summed E-state index contributed by atoms with van der Waals surface area (Å²) >= 11 is 13.9. The lowest BCUT2D eigenvalue weighted by atomic mass is 9.82. The minimum Gasteiger partial charge on any atom is -0.493 e. The molecule has 1 aromatic heterocycles. The molecule has 1 aliphatic heterocycles. The molecule has 26 heavy (non-hydrogen) atoms. The molecule has 2 heterocycles. The lowest BCUT2D eigenvalue weighted by Crippen LogP contribution is -2.42. The van der Waals surface area contributed by atoms with E-state index in [1.807, 2.05) is 12.1 Å². The van der Waals surface area contributed by atoms with Crippen LogP contribution in [0.25, 0.3) is 0 Å². The summed E-state index contributed by atoms with van der Waals surface area (Å²) in [6.45, 7) is 6.46. The highest BCUT2D eigenvalue weighted by Gasteiger charge is 2.31. The van der Waals surface area contributed by atoms with Crippen LogP contribution in [0.15, 0.2) is 35.0 Å². The maximum absolute atomic E-state index is 6.12. The van der Waals surface area contributed by atoms with Gasteiger partial charge < -0.3 is 9.64 Å². The zero-order chi connectivity index (χ0) is 18.4. The van der Waals surface area contributed by atoms with E-state index in [-0.39, 0.29) is 0 Å². The number of nitrogens with zero attached hydrogens (tertiary/aromatic N) is 1. The largest absolute Gasteiger partial charge is 0.493 e. The Morgan fingerprint density at radius 3 is 2.81 bits per heavy atom. The molecule has 0 aliphatic carbocycles. The first-order chi connectivity index (χ1) is 12.7. The van der Waals surface area contributed by atoms with E-state index in [4.69, 9.17) is 27.9 Å². The first-order valence-corrected chi connectivity index (χ1v) is 11.2. The number of rotatable bonds is 8. The van der Waals surface area contributed by atoms with Crippen LogP contribution in [0, 0.1) is 5.92 Å². The number of hydrogen-bond donors (Lipinski definition) is 0. The topological polar surface area (TPSA) is 12.5 Å². The molecule has 2 atom stereocenters. The average Bonchev–Trinajstić information content (AvgIpc) is 3.17. The average molecular weight is 412 g/mol. The van der Waals surface area contributed by atoms with Crippen molar-refractivity contribution in [2.45, 2.75) is 38.5 Å². The lowest BCUT2D eigenvalue weighted by molar-refractivity contribution is 0.110. The summed E-state index contributed by atoms with van der Waals surface area (Å²) in [4.78, 5) is 2.61. The smallest absolute Gasteiger partial charge is 0.120 e. The number of halogens is 2. The Kier molecular flexibility index (Phi) is 7.68. The highest BCUT2D eigenvalue weighted by Crippen LogP contribution is 2.35. The van der Waals surface area contributed by atoms with Gasteiger partial charge in [-0.1, -0.05) is 43.0 Å². The number of unbranched alkanes of at least 4 members (excludes halogenated alkanes) is 2. The Hall–Kier alpha value is -0.740. The third-order valence-corrected chi connectivity index (χ3v) is 6.66. The summed E-state index contributed by atoms with van der Waals surface area (Å²) in [5, 5.41) is 5.59. The van der Waals surface area contributed by atoms with Crippen molar-refractivity contribution in [3.63, 3.8) is 0 Å². The molecule has 3 rings (SSSR count). The van der Waals surface area contributed by atoms with Crippen LogP contribution in [0.5, 0.6) is 5.75 Å². The van der Waals surface area contributed by atoms with Crippen LogP contribution in [-0.4, -0.2) is 31.1 Å². The van der Waals surface area contributed by atoms with E-state index in [9.17, 15) is 0 Å². The van der Waals surface area contributed by atoms with Crippen LogP contribution in [0.3, 0.4) is 0 Å². The molecule has 5 heteroatoms. The number of thiophene rings is 1. The van der Waals surface area contributed by atoms with E-state index in [1.165, 1.54) is 44.3 Å². The van der Waals surface area contributed by atoms with Gasteiger partial charge in [0.2, 0.25) is 0 Å². The second-order valence-corrected chi connectivity index (χ2v) is 8.70. The fourth-order valence-electron chi connectivity index (χ4n) is 3.76. The Balaban J connectivity index is 1.64. The van der Waals surface area contributed by atoms with Gasteiger partial charge in [0.1, 0.15) is 5.75 Å². The predicted molar refractivity (Wildman–Crippen MR) is 113 cm³/mol. The molecule has 142 valence electrons. The number of piperidine rings is 1. The van der Waals surface area contributed by atoms with Crippen molar-refractivity contribution in [2.24, 2.45) is 5.92 Å². The molecule has 1 aromatic carbocycles. The van der Waals surface area contributed by atoms with Gasteiger partial charge in [0.15, 0.2) is 0 Å². The first kappa shape index (κ1) is 20.0. The van der Waals surface area contributed by atoms with Gasteiger partial charge in [-0.15, -0.1) is 0 Å². The maximum Gasteiger partial charge on any atom is 0.120 e. The van der Waals surface area contributed by atoms with Crippen LogP contribution in [0.2, 0.25) is 10.0 Å². The minimum absolute atomic E-state index is 0.495. The number of likely N-dealkylation sites (tertiary alicyclic amines) is 1. The van der Waals surface area contributed by atoms with E-state index in [0.717, 1.165) is 12.3 Å². The molecule has 2 nitrogen and oxygen atoms in total. The Bertz CT molecular complexity index is 677. The van der Waals surface area contributed by atoms with Crippen molar-refractivity contribution in [3.8, 4) is 5.75 Å². The molecule has 2 aromatic rings. The predicted octanol–water partition coefficient (Wildman–Crippen LogP) is 6.73. The van der Waals surface area contributed by atoms with Crippen molar-refractivity contribution >= 4 is 34.5 Å². The van der Waals surface area contributed by atoms with Gasteiger partial charge in [-0.2, -0.15) is 11.3 Å². The van der Waals surface area contributed by atoms with E-state index < -0.39 is 0 Å². The fraction of sp³-hybridized carbons (Fsp3) is 0.524. The van der Waals surface area contributed by atoms with E-state index in [1.54, 1.807) is 17.4 Å². The van der Waals surface area contributed by atoms with Gasteiger partial charge in [-0.05, 0) is 66.4 Å². The molecular weight excluding hydrogens is 385 g/mol. The molecule has 0 saturated carbocycles. The Morgan fingerprint density at radius 1 is 1.19 bits per heavy atom. The highest BCUT2D eigenvalue weighted by atomic mass is 35.5. The third kappa shape index (κ3) is 5.39. The van der Waals surface area contributed by atoms with Gasteiger partial charge in [-0.3, -0.25) is 0 Å². The van der Waals surface area contributed by atoms with Crippen LogP contribution in [-0.2, 0) is 0 Å². The molecule has 1 aliphatic rings. The molecule has 0 unspecified atom stereocenters. The van der Waals surface area contributed by atoms with Gasteiger partial charge in [0.25, 0.3) is 0 Å². The van der Waals surface area contributed by atoms with E-state index >= 15 is 0 Å². The molecule has 0 spiro atoms. The van der Waals surface area contributed by atoms with Crippen LogP contribution >= 0.6 is 34.5 Å². The fourth-order valence-corrected chi connectivity index (χ4v) is 4.77. The van der Waals surface area contributed by atoms with E-state index in [0.29, 0.717) is 28.5 Å². The minimum atomic E-state index is 0.495. The monoisotopic (exact) mass is 411 g/mol. The van der Waals surface area contributed by atoms with Gasteiger partial charge in [-0.25, -0.2) is 0 Å². The summed E-state index contributed by atoms with van der Waals surface area (Å²) in [6, 6.07) is 7.78. The summed E-state index contributed by atoms with van der Waals surface area (Å²) in [5.41, 5.74) is 1.46. The second-order valence-electron chi connectivity index (χ2n) is 7.11. The quantitative estimate of drug-likeness (QED) is 0.446. The number of ether oxygens (including phenoxy) is 1. The normalized spacial score (nSPS) is 21.0. The van der Waals surface area contributed by atoms with Crippen LogP contribution in [0.4, 0.5) is 0 Å². The molecule has 0 amide bonds. The Morgan fingerprint density at radius 2 is 2.08 bits per heavy atom. The molecule has 1 saturated heterocycles. The summed E-state index contributed by atoms with van der Waals surface area (Å²) in [5.74, 6) is 1.87. The second kappa shape index (κ2) is 9.98. The van der Waals surface area contributed by atoms with Gasteiger partial charge in [0.05, 0.1) is 16.7 Å². The lowest BCUT2D eigenvalue weighted by Gasteiger charge is -2.38. The van der Waals surface area contributed by atoms with Crippen molar-refractivity contribution in [1.29, 1.82) is 0 Å².